The predicted octanol–water partition coefficient (Wildman–Crippen LogP) is 4.16. The first kappa shape index (κ1) is 20.0. The van der Waals surface area contributed by atoms with Crippen LogP contribution < -0.4 is 10.1 Å². The molecule has 1 aliphatic heterocycles. The fourth-order valence-electron chi connectivity index (χ4n) is 4.33. The van der Waals surface area contributed by atoms with E-state index in [0.717, 1.165) is 37.1 Å². The molecule has 4 rings (SSSR count). The Morgan fingerprint density at radius 2 is 1.52 bits per heavy atom. The van der Waals surface area contributed by atoms with Gasteiger partial charge in [0.25, 0.3) is 0 Å². The molecule has 2 aliphatic carbocycles. The van der Waals surface area contributed by atoms with Crippen LogP contribution in [0.2, 0.25) is 10.0 Å². The van der Waals surface area contributed by atoms with Crippen LogP contribution in [0.1, 0.15) is 50.0 Å². The number of carbonyl (C=O) groups excluding carboxylic acids is 2. The minimum Gasteiger partial charge on any atom is -0.479 e. The predicted molar refractivity (Wildman–Crippen MR) is 107 cm³/mol. The molecule has 6 nitrogen and oxygen atoms in total. The Labute approximate surface area is 177 Å². The summed E-state index contributed by atoms with van der Waals surface area (Å²) in [5, 5.41) is 12.5. The van der Waals surface area contributed by atoms with E-state index >= 15 is 0 Å². The van der Waals surface area contributed by atoms with Gasteiger partial charge in [-0.15, -0.1) is 0 Å². The van der Waals surface area contributed by atoms with Gasteiger partial charge in [-0.1, -0.05) is 23.2 Å². The second-order valence-electron chi connectivity index (χ2n) is 7.39. The Morgan fingerprint density at radius 1 is 1.00 bits per heavy atom. The van der Waals surface area contributed by atoms with Crippen molar-refractivity contribution in [3.63, 3.8) is 0 Å². The highest BCUT2D eigenvalue weighted by molar-refractivity contribution is 6.37. The van der Waals surface area contributed by atoms with Gasteiger partial charge in [-0.05, 0) is 43.4 Å². The van der Waals surface area contributed by atoms with Gasteiger partial charge >= 0.3 is 5.97 Å². The van der Waals surface area contributed by atoms with E-state index in [1.165, 1.54) is 0 Å². The van der Waals surface area contributed by atoms with Crippen LogP contribution in [-0.2, 0) is 14.4 Å². The number of nitrogens with one attached hydrogen (secondary N) is 1. The zero-order valence-electron chi connectivity index (χ0n) is 15.5. The van der Waals surface area contributed by atoms with Crippen LogP contribution in [0.3, 0.4) is 0 Å². The van der Waals surface area contributed by atoms with E-state index in [2.05, 4.69) is 5.32 Å². The zero-order chi connectivity index (χ0) is 20.7. The molecule has 0 spiro atoms. The summed E-state index contributed by atoms with van der Waals surface area (Å²) in [5.41, 5.74) is 3.60. The van der Waals surface area contributed by atoms with Gasteiger partial charge in [-0.2, -0.15) is 0 Å². The van der Waals surface area contributed by atoms with Crippen molar-refractivity contribution < 1.29 is 24.2 Å². The molecule has 152 valence electrons. The molecule has 0 amide bonds. The molecule has 0 bridgehead atoms. The Hall–Kier alpha value is -2.31. The highest BCUT2D eigenvalue weighted by Gasteiger charge is 2.40. The van der Waals surface area contributed by atoms with Crippen molar-refractivity contribution in [1.29, 1.82) is 0 Å². The number of dihydropyridines is 1. The van der Waals surface area contributed by atoms with Crippen LogP contribution in [0.4, 0.5) is 0 Å². The van der Waals surface area contributed by atoms with E-state index in [-0.39, 0.29) is 27.4 Å². The second kappa shape index (κ2) is 7.84. The van der Waals surface area contributed by atoms with Crippen molar-refractivity contribution in [2.45, 2.75) is 44.4 Å². The fourth-order valence-corrected chi connectivity index (χ4v) is 4.95. The maximum atomic E-state index is 12.8. The monoisotopic (exact) mass is 435 g/mol. The third kappa shape index (κ3) is 3.67. The number of ether oxygens (including phenoxy) is 1. The third-order valence-corrected chi connectivity index (χ3v) is 6.05. The van der Waals surface area contributed by atoms with Gasteiger partial charge in [0.05, 0.1) is 10.0 Å². The normalized spacial score (nSPS) is 19.7. The molecule has 8 heteroatoms. The summed E-state index contributed by atoms with van der Waals surface area (Å²) in [4.78, 5) is 36.4. The maximum Gasteiger partial charge on any atom is 0.341 e. The summed E-state index contributed by atoms with van der Waals surface area (Å²) in [6.45, 7) is -0.576. The highest BCUT2D eigenvalue weighted by atomic mass is 35.5. The summed E-state index contributed by atoms with van der Waals surface area (Å²) in [5.74, 6) is -1.56. The molecule has 0 fully saturated rings. The summed E-state index contributed by atoms with van der Waals surface area (Å²) in [6, 6.07) is 3.22. The minimum atomic E-state index is -1.15. The molecular weight excluding hydrogens is 417 g/mol. The van der Waals surface area contributed by atoms with Crippen molar-refractivity contribution in [2.24, 2.45) is 0 Å². The lowest BCUT2D eigenvalue weighted by Crippen LogP contribution is -2.36. The largest absolute Gasteiger partial charge is 0.479 e. The van der Waals surface area contributed by atoms with Gasteiger partial charge in [0, 0.05) is 41.3 Å². The Bertz CT molecular complexity index is 930. The molecule has 0 atom stereocenters. The standard InChI is InChI=1S/C21H19Cl2NO5/c22-11-7-10(8-12(23)21(11)29-9-17(27)28)18-19-13(3-1-5-15(19)25)24-14-4-2-6-16(26)20(14)18/h7-8,18,24H,1-6,9H2,(H,27,28). The molecule has 0 radical (unpaired) electrons. The molecule has 1 aromatic carbocycles. The Kier molecular flexibility index (Phi) is 5.40. The van der Waals surface area contributed by atoms with Crippen LogP contribution in [-0.4, -0.2) is 29.2 Å². The quantitative estimate of drug-likeness (QED) is 0.737. The minimum absolute atomic E-state index is 0.0205. The van der Waals surface area contributed by atoms with Gasteiger partial charge < -0.3 is 15.2 Å². The van der Waals surface area contributed by atoms with Crippen molar-refractivity contribution in [3.05, 3.63) is 50.3 Å². The van der Waals surface area contributed by atoms with Crippen molar-refractivity contribution in [2.75, 3.05) is 6.61 Å². The lowest BCUT2D eigenvalue weighted by molar-refractivity contribution is -0.139. The molecule has 1 heterocycles. The van der Waals surface area contributed by atoms with Crippen LogP contribution in [0.15, 0.2) is 34.7 Å². The number of allylic oxidation sites excluding steroid dienone is 4. The number of rotatable bonds is 4. The number of ketones is 2. The summed E-state index contributed by atoms with van der Waals surface area (Å²) < 4.78 is 5.19. The van der Waals surface area contributed by atoms with Crippen LogP contribution in [0.25, 0.3) is 0 Å². The Balaban J connectivity index is 1.83. The molecule has 2 N–H and O–H groups in total. The highest BCUT2D eigenvalue weighted by Crippen LogP contribution is 2.47. The molecular formula is C21H19Cl2NO5. The van der Waals surface area contributed by atoms with Crippen molar-refractivity contribution >= 4 is 40.7 Å². The molecule has 0 unspecified atom stereocenters. The summed E-state index contributed by atoms with van der Waals surface area (Å²) in [6.07, 6.45) is 3.94. The van der Waals surface area contributed by atoms with Crippen molar-refractivity contribution in [3.8, 4) is 5.75 Å². The van der Waals surface area contributed by atoms with E-state index in [4.69, 9.17) is 33.0 Å². The fraction of sp³-hybridized carbons (Fsp3) is 0.381. The first-order valence-corrected chi connectivity index (χ1v) is 10.3. The van der Waals surface area contributed by atoms with Crippen molar-refractivity contribution in [1.82, 2.24) is 5.32 Å². The zero-order valence-corrected chi connectivity index (χ0v) is 17.0. The smallest absolute Gasteiger partial charge is 0.341 e. The molecule has 29 heavy (non-hydrogen) atoms. The first-order valence-electron chi connectivity index (χ1n) is 9.50. The number of hydrogen-bond acceptors (Lipinski definition) is 5. The Morgan fingerprint density at radius 3 is 2.00 bits per heavy atom. The number of halogens is 2. The van der Waals surface area contributed by atoms with Gasteiger partial charge in [0.15, 0.2) is 23.9 Å². The number of hydrogen-bond donors (Lipinski definition) is 2. The number of Topliss-reactive ketones (excluding diaryl/α,β-unsaturated/α-hetero) is 2. The molecule has 0 saturated carbocycles. The maximum absolute atomic E-state index is 12.8. The van der Waals surface area contributed by atoms with Gasteiger partial charge in [0.2, 0.25) is 0 Å². The number of carboxylic acid groups (broad SMARTS) is 1. The van der Waals surface area contributed by atoms with E-state index in [9.17, 15) is 14.4 Å². The average Bonchev–Trinajstić information content (AvgIpc) is 2.66. The number of carboxylic acids is 1. The van der Waals surface area contributed by atoms with E-state index < -0.39 is 18.5 Å². The van der Waals surface area contributed by atoms with E-state index in [1.54, 1.807) is 12.1 Å². The molecule has 0 saturated heterocycles. The molecule has 1 aromatic rings. The SMILES string of the molecule is O=C(O)COc1c(Cl)cc(C2C3=C(CCCC3=O)NC3=C2C(=O)CCC3)cc1Cl. The van der Waals surface area contributed by atoms with Crippen LogP contribution >= 0.6 is 23.2 Å². The van der Waals surface area contributed by atoms with Gasteiger partial charge in [0.1, 0.15) is 0 Å². The van der Waals surface area contributed by atoms with Crippen LogP contribution in [0, 0.1) is 0 Å². The lowest BCUT2D eigenvalue weighted by Gasteiger charge is -2.37. The molecule has 0 aromatic heterocycles. The van der Waals surface area contributed by atoms with E-state index in [0.29, 0.717) is 29.6 Å². The average molecular weight is 436 g/mol. The topological polar surface area (TPSA) is 92.7 Å². The van der Waals surface area contributed by atoms with Gasteiger partial charge in [-0.3, -0.25) is 9.59 Å². The summed E-state index contributed by atoms with van der Waals surface area (Å²) in [7, 11) is 0. The lowest BCUT2D eigenvalue weighted by atomic mass is 9.71. The van der Waals surface area contributed by atoms with E-state index in [1.807, 2.05) is 0 Å². The third-order valence-electron chi connectivity index (χ3n) is 5.49. The first-order chi connectivity index (χ1) is 13.9. The number of carbonyl (C=O) groups is 3. The molecule has 3 aliphatic rings. The second-order valence-corrected chi connectivity index (χ2v) is 8.21. The van der Waals surface area contributed by atoms with Gasteiger partial charge in [-0.25, -0.2) is 4.79 Å². The number of aliphatic carboxylic acids is 1. The number of benzene rings is 1. The summed E-state index contributed by atoms with van der Waals surface area (Å²) >= 11 is 12.7. The van der Waals surface area contributed by atoms with Crippen LogP contribution in [0.5, 0.6) is 5.75 Å².